The van der Waals surface area contributed by atoms with Crippen LogP contribution < -0.4 is 15.8 Å². The van der Waals surface area contributed by atoms with Crippen molar-refractivity contribution in [1.82, 2.24) is 5.32 Å². The molecule has 1 unspecified atom stereocenters. The molecule has 0 radical (unpaired) electrons. The molecule has 0 amide bonds. The Morgan fingerprint density at radius 2 is 2.12 bits per heavy atom. The van der Waals surface area contributed by atoms with E-state index in [0.717, 1.165) is 12.3 Å². The number of hydrogen-bond donors (Lipinski definition) is 2. The number of ether oxygens (including phenoxy) is 1. The van der Waals surface area contributed by atoms with Crippen LogP contribution in [0.4, 0.5) is 0 Å². The van der Waals surface area contributed by atoms with Gasteiger partial charge in [-0.15, -0.1) is 0 Å². The van der Waals surface area contributed by atoms with Gasteiger partial charge in [0.1, 0.15) is 5.75 Å². The lowest BCUT2D eigenvalue weighted by Gasteiger charge is -2.19. The van der Waals surface area contributed by atoms with Crippen molar-refractivity contribution in [2.45, 2.75) is 19.9 Å². The zero-order valence-corrected chi connectivity index (χ0v) is 10.4. The van der Waals surface area contributed by atoms with Gasteiger partial charge in [0.25, 0.3) is 0 Å². The summed E-state index contributed by atoms with van der Waals surface area (Å²) in [6.07, 6.45) is 0. The molecule has 3 N–H and O–H groups in total. The third-order valence-electron chi connectivity index (χ3n) is 2.50. The molecule has 0 saturated carbocycles. The van der Waals surface area contributed by atoms with Gasteiger partial charge in [0.2, 0.25) is 0 Å². The predicted molar refractivity (Wildman–Crippen MR) is 67.6 cm³/mol. The standard InChI is InChI=1S/C13H22N2O/c1-10(2)9-15-13(8-14)11-5-4-6-12(7-11)16-3/h4-7,10,13,15H,8-9,14H2,1-3H3. The molecule has 0 fully saturated rings. The molecule has 0 saturated heterocycles. The number of benzene rings is 1. The lowest BCUT2D eigenvalue weighted by atomic mass is 10.1. The monoisotopic (exact) mass is 222 g/mol. The van der Waals surface area contributed by atoms with Crippen molar-refractivity contribution in [3.8, 4) is 5.75 Å². The van der Waals surface area contributed by atoms with E-state index >= 15 is 0 Å². The Hall–Kier alpha value is -1.06. The second-order valence-corrected chi connectivity index (χ2v) is 4.37. The van der Waals surface area contributed by atoms with Crippen LogP contribution in [0.25, 0.3) is 0 Å². The van der Waals surface area contributed by atoms with Crippen molar-refractivity contribution in [2.75, 3.05) is 20.2 Å². The fourth-order valence-electron chi connectivity index (χ4n) is 1.57. The number of hydrogen-bond acceptors (Lipinski definition) is 3. The first-order valence-electron chi connectivity index (χ1n) is 5.74. The Bertz CT molecular complexity index is 313. The van der Waals surface area contributed by atoms with E-state index < -0.39 is 0 Å². The van der Waals surface area contributed by atoms with Gasteiger partial charge in [-0.2, -0.15) is 0 Å². The maximum atomic E-state index is 5.78. The molecule has 0 aliphatic heterocycles. The SMILES string of the molecule is COc1cccc(C(CN)NCC(C)C)c1. The molecular formula is C13H22N2O. The summed E-state index contributed by atoms with van der Waals surface area (Å²) < 4.78 is 5.21. The molecule has 3 nitrogen and oxygen atoms in total. The molecule has 0 bridgehead atoms. The third-order valence-corrected chi connectivity index (χ3v) is 2.50. The summed E-state index contributed by atoms with van der Waals surface area (Å²) in [5.41, 5.74) is 6.96. The Kier molecular flexibility index (Phi) is 5.29. The van der Waals surface area contributed by atoms with Crippen LogP contribution >= 0.6 is 0 Å². The van der Waals surface area contributed by atoms with Crippen LogP contribution in [0.5, 0.6) is 5.75 Å². The summed E-state index contributed by atoms with van der Waals surface area (Å²) in [4.78, 5) is 0. The molecule has 0 aliphatic carbocycles. The maximum Gasteiger partial charge on any atom is 0.119 e. The fourth-order valence-corrected chi connectivity index (χ4v) is 1.57. The first-order valence-corrected chi connectivity index (χ1v) is 5.74. The molecule has 0 spiro atoms. The topological polar surface area (TPSA) is 47.3 Å². The van der Waals surface area contributed by atoms with E-state index in [1.807, 2.05) is 18.2 Å². The minimum Gasteiger partial charge on any atom is -0.497 e. The lowest BCUT2D eigenvalue weighted by molar-refractivity contribution is 0.412. The predicted octanol–water partition coefficient (Wildman–Crippen LogP) is 1.94. The van der Waals surface area contributed by atoms with E-state index in [0.29, 0.717) is 12.5 Å². The zero-order chi connectivity index (χ0) is 12.0. The van der Waals surface area contributed by atoms with Crippen LogP contribution in [0.3, 0.4) is 0 Å². The van der Waals surface area contributed by atoms with Crippen LogP contribution in [-0.2, 0) is 0 Å². The highest BCUT2D eigenvalue weighted by Gasteiger charge is 2.09. The second kappa shape index (κ2) is 6.51. The van der Waals surface area contributed by atoms with E-state index in [1.54, 1.807) is 7.11 Å². The lowest BCUT2D eigenvalue weighted by Crippen LogP contribution is -2.30. The highest BCUT2D eigenvalue weighted by Crippen LogP contribution is 2.18. The van der Waals surface area contributed by atoms with Crippen molar-refractivity contribution in [3.63, 3.8) is 0 Å². The Balaban J connectivity index is 2.70. The zero-order valence-electron chi connectivity index (χ0n) is 10.4. The van der Waals surface area contributed by atoms with Crippen molar-refractivity contribution < 1.29 is 4.74 Å². The van der Waals surface area contributed by atoms with Gasteiger partial charge in [0.15, 0.2) is 0 Å². The summed E-state index contributed by atoms with van der Waals surface area (Å²) in [5, 5.41) is 3.46. The molecule has 0 aliphatic rings. The number of nitrogens with one attached hydrogen (secondary N) is 1. The third kappa shape index (κ3) is 3.83. The number of rotatable bonds is 6. The van der Waals surface area contributed by atoms with Gasteiger partial charge in [-0.1, -0.05) is 26.0 Å². The minimum atomic E-state index is 0.206. The van der Waals surface area contributed by atoms with Gasteiger partial charge in [0.05, 0.1) is 7.11 Å². The molecule has 1 aromatic rings. The first-order chi connectivity index (χ1) is 7.67. The molecule has 3 heteroatoms. The minimum absolute atomic E-state index is 0.206. The largest absolute Gasteiger partial charge is 0.497 e. The average Bonchev–Trinajstić information content (AvgIpc) is 2.30. The van der Waals surface area contributed by atoms with E-state index in [9.17, 15) is 0 Å². The van der Waals surface area contributed by atoms with Crippen molar-refractivity contribution in [2.24, 2.45) is 11.7 Å². The maximum absolute atomic E-state index is 5.78. The van der Waals surface area contributed by atoms with Gasteiger partial charge < -0.3 is 15.8 Å². The van der Waals surface area contributed by atoms with Crippen LogP contribution in [0.2, 0.25) is 0 Å². The van der Waals surface area contributed by atoms with Gasteiger partial charge >= 0.3 is 0 Å². The van der Waals surface area contributed by atoms with E-state index in [-0.39, 0.29) is 6.04 Å². The smallest absolute Gasteiger partial charge is 0.119 e. The van der Waals surface area contributed by atoms with Crippen LogP contribution in [-0.4, -0.2) is 20.2 Å². The van der Waals surface area contributed by atoms with Crippen LogP contribution in [0.1, 0.15) is 25.5 Å². The van der Waals surface area contributed by atoms with Gasteiger partial charge in [-0.25, -0.2) is 0 Å². The van der Waals surface area contributed by atoms with Gasteiger partial charge in [-0.3, -0.25) is 0 Å². The van der Waals surface area contributed by atoms with Crippen molar-refractivity contribution in [3.05, 3.63) is 29.8 Å². The molecule has 1 atom stereocenters. The Labute approximate surface area is 98.0 Å². The second-order valence-electron chi connectivity index (χ2n) is 4.37. The Morgan fingerprint density at radius 1 is 1.38 bits per heavy atom. The molecule has 0 aromatic heterocycles. The van der Waals surface area contributed by atoms with Gasteiger partial charge in [0, 0.05) is 12.6 Å². The fraction of sp³-hybridized carbons (Fsp3) is 0.538. The van der Waals surface area contributed by atoms with E-state index in [1.165, 1.54) is 5.56 Å². The van der Waals surface area contributed by atoms with Crippen LogP contribution in [0.15, 0.2) is 24.3 Å². The molecule has 1 rings (SSSR count). The average molecular weight is 222 g/mol. The highest BCUT2D eigenvalue weighted by molar-refractivity contribution is 5.30. The normalized spacial score (nSPS) is 12.8. The Morgan fingerprint density at radius 3 is 2.69 bits per heavy atom. The van der Waals surface area contributed by atoms with Crippen LogP contribution in [0, 0.1) is 5.92 Å². The molecule has 16 heavy (non-hydrogen) atoms. The summed E-state index contributed by atoms with van der Waals surface area (Å²) in [6.45, 7) is 5.94. The summed E-state index contributed by atoms with van der Waals surface area (Å²) in [6, 6.07) is 8.25. The first kappa shape index (κ1) is 13.0. The molecule has 0 heterocycles. The quantitative estimate of drug-likeness (QED) is 0.773. The summed E-state index contributed by atoms with van der Waals surface area (Å²) >= 11 is 0. The van der Waals surface area contributed by atoms with E-state index in [4.69, 9.17) is 10.5 Å². The molecule has 1 aromatic carbocycles. The summed E-state index contributed by atoms with van der Waals surface area (Å²) in [7, 11) is 1.68. The number of methoxy groups -OCH3 is 1. The van der Waals surface area contributed by atoms with Gasteiger partial charge in [-0.05, 0) is 30.2 Å². The van der Waals surface area contributed by atoms with E-state index in [2.05, 4.69) is 25.2 Å². The summed E-state index contributed by atoms with van der Waals surface area (Å²) in [5.74, 6) is 1.50. The van der Waals surface area contributed by atoms with Crippen molar-refractivity contribution in [1.29, 1.82) is 0 Å². The highest BCUT2D eigenvalue weighted by atomic mass is 16.5. The molecular weight excluding hydrogens is 200 g/mol. The number of nitrogens with two attached hydrogens (primary N) is 1. The molecule has 90 valence electrons. The van der Waals surface area contributed by atoms with Crippen molar-refractivity contribution >= 4 is 0 Å².